The number of likely N-dealkylation sites (tertiary alicyclic amines) is 1. The van der Waals surface area contributed by atoms with Gasteiger partial charge in [-0.2, -0.15) is 0 Å². The maximum absolute atomic E-state index is 13.1. The quantitative estimate of drug-likeness (QED) is 0.623. The molecule has 3 N–H and O–H groups in total. The number of benzene rings is 2. The standard InChI is InChI=1S/C26H28N2O4S/c1-16-5-10-20(29)12-22(16)26(32)28-15-21(30)13-23(28)25(31)27-14-18-6-8-19(9-7-18)24-17(2)4-3-11-33-24/h3,5-12,21,23,29-30H,4,13-15H2,1-2H3,(H,27,31)/t21-,23+/m1/s1. The highest BCUT2D eigenvalue weighted by molar-refractivity contribution is 8.11. The molecule has 6 nitrogen and oxygen atoms in total. The molecular formula is C26H28N2O4S. The number of thioether (sulfide) groups is 1. The van der Waals surface area contributed by atoms with Gasteiger partial charge in [0.2, 0.25) is 5.91 Å². The molecule has 0 spiro atoms. The summed E-state index contributed by atoms with van der Waals surface area (Å²) in [5.41, 5.74) is 4.50. The van der Waals surface area contributed by atoms with Crippen molar-refractivity contribution in [3.8, 4) is 5.75 Å². The van der Waals surface area contributed by atoms with Crippen molar-refractivity contribution >= 4 is 28.5 Å². The normalized spacial score (nSPS) is 20.3. The molecule has 2 heterocycles. The summed E-state index contributed by atoms with van der Waals surface area (Å²) in [5, 5.41) is 25.0. The van der Waals surface area contributed by atoms with Crippen LogP contribution in [0.2, 0.25) is 0 Å². The number of aromatic hydroxyl groups is 1. The first-order chi connectivity index (χ1) is 15.8. The van der Waals surface area contributed by atoms with E-state index >= 15 is 0 Å². The Bertz CT molecular complexity index is 1120. The van der Waals surface area contributed by atoms with Crippen LogP contribution in [0.15, 0.2) is 59.5 Å². The molecule has 0 radical (unpaired) electrons. The van der Waals surface area contributed by atoms with Crippen LogP contribution >= 0.6 is 11.8 Å². The van der Waals surface area contributed by atoms with E-state index in [1.807, 2.05) is 12.1 Å². The van der Waals surface area contributed by atoms with Gasteiger partial charge in [0.25, 0.3) is 5.91 Å². The van der Waals surface area contributed by atoms with Crippen molar-refractivity contribution in [3.05, 3.63) is 81.8 Å². The van der Waals surface area contributed by atoms with Crippen molar-refractivity contribution in [1.82, 2.24) is 10.2 Å². The van der Waals surface area contributed by atoms with Crippen molar-refractivity contribution in [1.29, 1.82) is 0 Å². The highest BCUT2D eigenvalue weighted by atomic mass is 32.2. The first-order valence-corrected chi connectivity index (χ1v) is 11.9. The molecule has 2 amide bonds. The Morgan fingerprint density at radius 2 is 1.91 bits per heavy atom. The first-order valence-electron chi connectivity index (χ1n) is 11.0. The monoisotopic (exact) mass is 464 g/mol. The third-order valence-corrected chi connectivity index (χ3v) is 7.22. The number of β-amino-alcohol motifs (C(OH)–C–C–N with tert-alkyl or cyclic N) is 1. The molecule has 1 saturated heterocycles. The van der Waals surface area contributed by atoms with E-state index in [0.717, 1.165) is 17.5 Å². The van der Waals surface area contributed by atoms with E-state index in [4.69, 9.17) is 0 Å². The van der Waals surface area contributed by atoms with Gasteiger partial charge in [0.1, 0.15) is 11.8 Å². The Hall–Kier alpha value is -3.03. The molecule has 7 heteroatoms. The molecule has 2 aromatic carbocycles. The minimum Gasteiger partial charge on any atom is -0.508 e. The Kier molecular flexibility index (Phi) is 6.91. The number of nitrogens with zero attached hydrogens (tertiary/aromatic N) is 1. The largest absolute Gasteiger partial charge is 0.508 e. The highest BCUT2D eigenvalue weighted by Gasteiger charge is 2.39. The topological polar surface area (TPSA) is 89.9 Å². The van der Waals surface area contributed by atoms with E-state index in [0.29, 0.717) is 17.7 Å². The second kappa shape index (κ2) is 9.85. The zero-order chi connectivity index (χ0) is 23.5. The Morgan fingerprint density at radius 1 is 1.15 bits per heavy atom. The molecule has 2 aliphatic heterocycles. The molecule has 0 bridgehead atoms. The molecule has 0 aromatic heterocycles. The highest BCUT2D eigenvalue weighted by Crippen LogP contribution is 2.36. The molecule has 2 atom stereocenters. The summed E-state index contributed by atoms with van der Waals surface area (Å²) in [4.78, 5) is 28.7. The smallest absolute Gasteiger partial charge is 0.255 e. The minimum atomic E-state index is -0.764. The van der Waals surface area contributed by atoms with Crippen LogP contribution < -0.4 is 5.32 Å². The molecule has 33 heavy (non-hydrogen) atoms. The van der Waals surface area contributed by atoms with Crippen molar-refractivity contribution in [3.63, 3.8) is 0 Å². The molecule has 4 rings (SSSR count). The summed E-state index contributed by atoms with van der Waals surface area (Å²) < 4.78 is 0. The Labute approximate surface area is 198 Å². The van der Waals surface area contributed by atoms with Crippen LogP contribution in [0.3, 0.4) is 0 Å². The predicted octanol–water partition coefficient (Wildman–Crippen LogP) is 3.97. The number of aliphatic hydroxyl groups is 1. The predicted molar refractivity (Wildman–Crippen MR) is 131 cm³/mol. The average Bonchev–Trinajstić information content (AvgIpc) is 3.21. The molecule has 2 aliphatic rings. The van der Waals surface area contributed by atoms with Crippen molar-refractivity contribution in [2.75, 3.05) is 6.54 Å². The van der Waals surface area contributed by atoms with Crippen LogP contribution in [0.1, 0.15) is 46.8 Å². The second-order valence-corrected chi connectivity index (χ2v) is 9.50. The summed E-state index contributed by atoms with van der Waals surface area (Å²) >= 11 is 1.72. The molecule has 0 saturated carbocycles. The van der Waals surface area contributed by atoms with E-state index in [-0.39, 0.29) is 30.5 Å². The number of amides is 2. The molecule has 0 unspecified atom stereocenters. The molecule has 172 valence electrons. The van der Waals surface area contributed by atoms with Crippen molar-refractivity contribution in [2.45, 2.75) is 45.4 Å². The number of phenols is 1. The summed E-state index contributed by atoms with van der Waals surface area (Å²) in [6, 6.07) is 11.9. The number of phenolic OH excluding ortho intramolecular Hbond substituents is 1. The fourth-order valence-electron chi connectivity index (χ4n) is 4.21. The Morgan fingerprint density at radius 3 is 2.64 bits per heavy atom. The zero-order valence-corrected chi connectivity index (χ0v) is 19.6. The number of aryl methyl sites for hydroxylation is 1. The third-order valence-electron chi connectivity index (χ3n) is 6.07. The van der Waals surface area contributed by atoms with Crippen LogP contribution in [0.4, 0.5) is 0 Å². The van der Waals surface area contributed by atoms with E-state index in [2.05, 4.69) is 35.9 Å². The lowest BCUT2D eigenvalue weighted by atomic mass is 10.1. The van der Waals surface area contributed by atoms with Crippen molar-refractivity contribution in [2.24, 2.45) is 0 Å². The number of allylic oxidation sites excluding steroid dienone is 2. The van der Waals surface area contributed by atoms with Gasteiger partial charge in [-0.05, 0) is 54.5 Å². The van der Waals surface area contributed by atoms with Crippen LogP contribution in [-0.4, -0.2) is 45.6 Å². The zero-order valence-electron chi connectivity index (χ0n) is 18.7. The minimum absolute atomic E-state index is 0.0123. The van der Waals surface area contributed by atoms with Crippen molar-refractivity contribution < 1.29 is 19.8 Å². The van der Waals surface area contributed by atoms with Crippen LogP contribution in [0, 0.1) is 6.92 Å². The van der Waals surface area contributed by atoms with Crippen LogP contribution in [0.5, 0.6) is 5.75 Å². The third kappa shape index (κ3) is 5.15. The van der Waals surface area contributed by atoms with E-state index in [1.54, 1.807) is 24.8 Å². The maximum Gasteiger partial charge on any atom is 0.255 e. The SMILES string of the molecule is CC1=C(c2ccc(CNC(=O)[C@@H]3C[C@@H](O)CN3C(=O)c3cc(O)ccc3C)cc2)SC=CC1. The fourth-order valence-corrected chi connectivity index (χ4v) is 5.10. The van der Waals surface area contributed by atoms with Gasteiger partial charge in [0.05, 0.1) is 6.10 Å². The second-order valence-electron chi connectivity index (χ2n) is 8.58. The summed E-state index contributed by atoms with van der Waals surface area (Å²) in [6.07, 6.45) is 2.54. The fraction of sp³-hybridized carbons (Fsp3) is 0.308. The number of carbonyl (C=O) groups excluding carboxylic acids is 2. The van der Waals surface area contributed by atoms with Gasteiger partial charge in [-0.15, -0.1) is 0 Å². The average molecular weight is 465 g/mol. The lowest BCUT2D eigenvalue weighted by molar-refractivity contribution is -0.125. The molecular weight excluding hydrogens is 436 g/mol. The van der Waals surface area contributed by atoms with Crippen LogP contribution in [0.25, 0.3) is 4.91 Å². The van der Waals surface area contributed by atoms with E-state index < -0.39 is 12.1 Å². The maximum atomic E-state index is 13.1. The molecule has 0 aliphatic carbocycles. The van der Waals surface area contributed by atoms with E-state index in [9.17, 15) is 19.8 Å². The number of nitrogens with one attached hydrogen (secondary N) is 1. The number of hydrogen-bond acceptors (Lipinski definition) is 5. The van der Waals surface area contributed by atoms with Gasteiger partial charge >= 0.3 is 0 Å². The Balaban J connectivity index is 1.42. The van der Waals surface area contributed by atoms with Gasteiger partial charge in [-0.25, -0.2) is 0 Å². The number of hydrogen-bond donors (Lipinski definition) is 3. The summed E-state index contributed by atoms with van der Waals surface area (Å²) in [5.74, 6) is -0.679. The van der Waals surface area contributed by atoms with E-state index in [1.165, 1.54) is 27.5 Å². The lowest BCUT2D eigenvalue weighted by Gasteiger charge is -2.24. The van der Waals surface area contributed by atoms with Crippen LogP contribution in [-0.2, 0) is 11.3 Å². The van der Waals surface area contributed by atoms with Gasteiger partial charge < -0.3 is 20.4 Å². The molecule has 2 aromatic rings. The number of rotatable bonds is 5. The van der Waals surface area contributed by atoms with Gasteiger partial charge in [-0.3, -0.25) is 9.59 Å². The van der Waals surface area contributed by atoms with Gasteiger partial charge in [0.15, 0.2) is 0 Å². The number of carbonyl (C=O) groups is 2. The summed E-state index contributed by atoms with van der Waals surface area (Å²) in [6.45, 7) is 4.34. The number of aliphatic hydroxyl groups excluding tert-OH is 1. The summed E-state index contributed by atoms with van der Waals surface area (Å²) in [7, 11) is 0. The van der Waals surface area contributed by atoms with Gasteiger partial charge in [-0.1, -0.05) is 53.7 Å². The lowest BCUT2D eigenvalue weighted by Crippen LogP contribution is -2.45. The first kappa shape index (κ1) is 23.1. The molecule has 1 fully saturated rings. The van der Waals surface area contributed by atoms with Gasteiger partial charge in [0, 0.05) is 30.0 Å².